The van der Waals surface area contributed by atoms with Crippen molar-refractivity contribution in [2.75, 3.05) is 37.0 Å². The van der Waals surface area contributed by atoms with Crippen LogP contribution in [0.25, 0.3) is 33.5 Å². The van der Waals surface area contributed by atoms with Gasteiger partial charge in [-0.2, -0.15) is 43.1 Å². The van der Waals surface area contributed by atoms with Gasteiger partial charge in [0.2, 0.25) is 0 Å². The van der Waals surface area contributed by atoms with Crippen LogP contribution in [0.4, 0.5) is 30.6 Å². The van der Waals surface area contributed by atoms with E-state index in [0.29, 0.717) is 6.42 Å². The molecule has 3 aliphatic rings. The molecule has 131 heavy (non-hydrogen) atoms. The molecule has 9 atom stereocenters. The molecule has 3 fully saturated rings. The number of rotatable bonds is 40. The SMILES string of the molecule is C#C[C@]1(CO)O[C@@H](n2cnc3c(N)nc(F)nc32)C[C@@H]1OC(=O)CCCCCCCCC.C#C[C@]1(CO[Si](c2ccccc2)(c2ccccc2)C(C)(C)C)O[C@@H](n2cnc3c(N)nc(F)nc32)C[C@@H]1O.C#C[C@]1(CO[Si](c2ccccc2)(c2ccccc2)C(C)(C)C)O[C@@H](n2cnc3c(N)nc(F)nc32)C[C@@H]1OC(=O)CCCCCCCCC.CCCCCCCCCC(=O)O. The summed E-state index contributed by atoms with van der Waals surface area (Å²) in [6.45, 7) is 18.9. The Balaban J connectivity index is 0.000000195. The Labute approximate surface area is 768 Å². The molecule has 702 valence electrons. The summed E-state index contributed by atoms with van der Waals surface area (Å²) in [5.41, 5.74) is 14.2. The zero-order valence-electron chi connectivity index (χ0n) is 76.8. The van der Waals surface area contributed by atoms with Gasteiger partial charge in [-0.05, 0) is 50.1 Å². The highest BCUT2D eigenvalue weighted by molar-refractivity contribution is 7.00. The molecule has 33 heteroatoms. The zero-order valence-corrected chi connectivity index (χ0v) is 78.8. The van der Waals surface area contributed by atoms with Crippen molar-refractivity contribution in [3.63, 3.8) is 0 Å². The number of halogens is 3. The summed E-state index contributed by atoms with van der Waals surface area (Å²) < 4.78 is 91.4. The molecule has 0 bridgehead atoms. The highest BCUT2D eigenvalue weighted by Crippen LogP contribution is 2.47. The van der Waals surface area contributed by atoms with Gasteiger partial charge >= 0.3 is 36.1 Å². The number of benzene rings is 4. The number of carbonyl (C=O) groups excluding carboxylic acids is 2. The Bertz CT molecular complexity index is 5400. The molecule has 3 saturated heterocycles. The normalized spacial score (nSPS) is 20.2. The molecule has 0 amide bonds. The fourth-order valence-electron chi connectivity index (χ4n) is 17.4. The summed E-state index contributed by atoms with van der Waals surface area (Å²) in [4.78, 5) is 70.7. The smallest absolute Gasteiger partial charge is 0.312 e. The number of carboxylic acid groups (broad SMARTS) is 1. The van der Waals surface area contributed by atoms with Gasteiger partial charge in [0.25, 0.3) is 16.6 Å². The lowest BCUT2D eigenvalue weighted by Crippen LogP contribution is -2.68. The number of carbonyl (C=O) groups is 3. The monoisotopic (exact) mass is 1840 g/mol. The van der Waals surface area contributed by atoms with E-state index in [-0.39, 0.29) is 112 Å². The van der Waals surface area contributed by atoms with Gasteiger partial charge in [-0.25, -0.2) is 15.0 Å². The van der Waals surface area contributed by atoms with Crippen molar-refractivity contribution in [3.05, 3.63) is 159 Å². The average molecular weight is 1840 g/mol. The Kier molecular flexibility index (Phi) is 36.9. The number of aliphatic hydroxyl groups is 2. The van der Waals surface area contributed by atoms with Crippen LogP contribution >= 0.6 is 0 Å². The Morgan fingerprint density at radius 3 is 1.03 bits per heavy atom. The summed E-state index contributed by atoms with van der Waals surface area (Å²) >= 11 is 0. The zero-order chi connectivity index (χ0) is 94.6. The number of hydrogen-bond donors (Lipinski definition) is 6. The van der Waals surface area contributed by atoms with Crippen LogP contribution in [0.15, 0.2) is 140 Å². The van der Waals surface area contributed by atoms with Crippen LogP contribution in [0, 0.1) is 55.3 Å². The quantitative estimate of drug-likeness (QED) is 0.00683. The van der Waals surface area contributed by atoms with Crippen molar-refractivity contribution < 1.29 is 75.4 Å². The molecule has 4 aromatic carbocycles. The van der Waals surface area contributed by atoms with E-state index < -0.39 is 107 Å². The molecule has 13 rings (SSSR count). The third kappa shape index (κ3) is 24.8. The molecule has 10 aromatic rings. The van der Waals surface area contributed by atoms with Crippen molar-refractivity contribution in [1.29, 1.82) is 0 Å². The second-order valence-electron chi connectivity index (χ2n) is 35.7. The lowest BCUT2D eigenvalue weighted by atomic mass is 9.98. The van der Waals surface area contributed by atoms with Gasteiger partial charge in [0.15, 0.2) is 67.7 Å². The van der Waals surface area contributed by atoms with Crippen LogP contribution in [0.1, 0.15) is 254 Å². The van der Waals surface area contributed by atoms with Crippen molar-refractivity contribution in [1.82, 2.24) is 58.6 Å². The molecule has 0 unspecified atom stereocenters. The van der Waals surface area contributed by atoms with Crippen molar-refractivity contribution in [2.45, 2.75) is 300 Å². The third-order valence-corrected chi connectivity index (χ3v) is 34.4. The maximum absolute atomic E-state index is 14.3. The van der Waals surface area contributed by atoms with Crippen molar-refractivity contribution in [2.24, 2.45) is 0 Å². The van der Waals surface area contributed by atoms with Crippen LogP contribution in [-0.4, -0.2) is 163 Å². The summed E-state index contributed by atoms with van der Waals surface area (Å²) in [6.07, 6.45) is 38.9. The minimum atomic E-state index is -3.06. The molecule has 0 radical (unpaired) electrons. The lowest BCUT2D eigenvalue weighted by Gasteiger charge is -2.44. The number of anilines is 3. The van der Waals surface area contributed by atoms with Gasteiger partial charge in [0.1, 0.15) is 37.0 Å². The van der Waals surface area contributed by atoms with Gasteiger partial charge < -0.3 is 65.1 Å². The van der Waals surface area contributed by atoms with Gasteiger partial charge in [-0.3, -0.25) is 28.1 Å². The molecule has 0 spiro atoms. The number of nitrogens with two attached hydrogens (primary N) is 3. The second kappa shape index (κ2) is 47.4. The second-order valence-corrected chi connectivity index (χ2v) is 44.3. The molecule has 3 aliphatic heterocycles. The minimum Gasteiger partial charge on any atom is -0.481 e. The number of nitrogens with zero attached hydrogens (tertiary/aromatic N) is 12. The highest BCUT2D eigenvalue weighted by Gasteiger charge is 2.59. The molecule has 6 aromatic heterocycles. The van der Waals surface area contributed by atoms with Gasteiger partial charge in [-0.15, -0.1) is 19.3 Å². The number of hydrogen-bond acceptors (Lipinski definition) is 24. The summed E-state index contributed by atoms with van der Waals surface area (Å²) in [5, 5.41) is 33.2. The number of aliphatic carboxylic acids is 1. The first kappa shape index (κ1) is 102. The van der Waals surface area contributed by atoms with Crippen LogP contribution in [-0.2, 0) is 46.9 Å². The number of ether oxygens (including phenoxy) is 5. The number of terminal acetylenes is 3. The minimum absolute atomic E-state index is 0.0490. The van der Waals surface area contributed by atoms with Crippen molar-refractivity contribution >= 4 is 106 Å². The van der Waals surface area contributed by atoms with Crippen LogP contribution in [0.2, 0.25) is 10.1 Å². The fraction of sp³-hybridized carbons (Fsp3) is 0.510. The number of aromatic nitrogens is 12. The number of carboxylic acids is 1. The maximum atomic E-state index is 14.3. The maximum Gasteiger partial charge on any atom is 0.312 e. The van der Waals surface area contributed by atoms with E-state index in [9.17, 15) is 37.8 Å². The average Bonchev–Trinajstić information content (AvgIpc) is 1.68. The first-order chi connectivity index (χ1) is 62.9. The topological polar surface area (TPSA) is 385 Å². The van der Waals surface area contributed by atoms with E-state index in [1.54, 1.807) is 4.57 Å². The first-order valence-corrected chi connectivity index (χ1v) is 49.5. The highest BCUT2D eigenvalue weighted by atomic mass is 28.4. The van der Waals surface area contributed by atoms with E-state index in [4.69, 9.17) is 74.1 Å². The molecule has 0 aliphatic carbocycles. The molecule has 9 N–H and O–H groups in total. The predicted octanol–water partition coefficient (Wildman–Crippen LogP) is 15.3. The van der Waals surface area contributed by atoms with Gasteiger partial charge in [0.05, 0.1) is 38.8 Å². The fourth-order valence-corrected chi connectivity index (χ4v) is 26.6. The van der Waals surface area contributed by atoms with E-state index in [1.165, 1.54) is 105 Å². The summed E-state index contributed by atoms with van der Waals surface area (Å²) in [6, 6.07) is 40.7. The lowest BCUT2D eigenvalue weighted by molar-refractivity contribution is -0.159. The van der Waals surface area contributed by atoms with Crippen LogP contribution < -0.4 is 37.9 Å². The third-order valence-electron chi connectivity index (χ3n) is 24.4. The van der Waals surface area contributed by atoms with E-state index in [0.717, 1.165) is 78.5 Å². The summed E-state index contributed by atoms with van der Waals surface area (Å²) in [5.74, 6) is 6.28. The molecule has 0 saturated carbocycles. The Hall–Kier alpha value is -11.0. The van der Waals surface area contributed by atoms with Crippen molar-refractivity contribution in [3.8, 4) is 37.0 Å². The Morgan fingerprint density at radius 2 is 0.725 bits per heavy atom. The van der Waals surface area contributed by atoms with Gasteiger partial charge in [-0.1, -0.05) is 317 Å². The molecule has 28 nitrogen and oxygen atoms in total. The van der Waals surface area contributed by atoms with E-state index >= 15 is 0 Å². The largest absolute Gasteiger partial charge is 0.481 e. The van der Waals surface area contributed by atoms with E-state index in [2.05, 4.69) is 173 Å². The number of nitrogen functional groups attached to an aromatic ring is 3. The van der Waals surface area contributed by atoms with Crippen LogP contribution in [0.3, 0.4) is 0 Å². The predicted molar refractivity (Wildman–Crippen MR) is 503 cm³/mol. The van der Waals surface area contributed by atoms with Gasteiger partial charge in [0, 0.05) is 38.5 Å². The molecule has 9 heterocycles. The van der Waals surface area contributed by atoms with Crippen LogP contribution in [0.5, 0.6) is 0 Å². The van der Waals surface area contributed by atoms with E-state index in [1.807, 2.05) is 72.8 Å². The first-order valence-electron chi connectivity index (χ1n) is 45.7. The number of esters is 2. The number of unbranched alkanes of at least 4 members (excludes halogenated alkanes) is 18. The molecular weight excluding hydrogens is 1710 g/mol. The number of aliphatic hydroxyl groups excluding tert-OH is 2. The molecular formula is C98H128F3N15O13Si2. The summed E-state index contributed by atoms with van der Waals surface area (Å²) in [7, 11) is -6.01. The standard InChI is InChI=1S/C38H48FN5O4Si.C28H30FN5O3Si.C22H30FN5O4.C10H20O2/c1-6-8-9-10-11-12-19-24-32(45)47-30-25-31(44-27-41-33-34(40)42-36(39)43-35(33)44)48-38(30,7-2)26-46-49(37(3,4)5,28-20-15-13-16-21-28)29-22-17-14-18-23-29;1-5-28(21(35)16-22(37-28)34-18-31-23-24(30)32-26(29)33-25(23)34)17-36-38(27(2,3)4,19-12-8-6-9-13-19)20-14-10-7-11-15-20;1-3-5-6-7-8-9-10-11-17(30)31-15-12-16(32-22(15,4-2)13-29)28-14-25-18-19(24)26-21(23)27-20(18)28;1-2-3-4-5-6-7-8-9-10(11)12/h2,13-18,20-23,27,30-31H,6,8-12,19,24-26H2,1,3-5H3,(H2,40,42,43);1,6-15,18,21-22,35H,16-17H2,2-4H3,(H2,30,32,33);2,14-16,29H,3,5-13H2,1H3,(H2,24,26,27);2-9H2,1H3,(H,11,12)/t30-,31+,38+;21-,22+,28+;15-,16+,22+;/m000./s1. The Morgan fingerprint density at radius 1 is 0.443 bits per heavy atom. The number of fused-ring (bicyclic) bond motifs is 3. The number of imidazole rings is 3.